The minimum atomic E-state index is -0.688. The maximum Gasteiger partial charge on any atom is 0.234 e. The summed E-state index contributed by atoms with van der Waals surface area (Å²) < 4.78 is 5.99. The number of amides is 1. The molecule has 0 bridgehead atoms. The Morgan fingerprint density at radius 2 is 2.39 bits per heavy atom. The second kappa shape index (κ2) is 5.17. The molecular weight excluding hydrogens is 320 g/mol. The van der Waals surface area contributed by atoms with E-state index in [9.17, 15) is 4.79 Å². The fourth-order valence-electron chi connectivity index (χ4n) is 1.77. The van der Waals surface area contributed by atoms with Gasteiger partial charge in [-0.15, -0.1) is 0 Å². The number of benzene rings is 1. The number of hydrogen-bond acceptors (Lipinski definition) is 3. The van der Waals surface area contributed by atoms with Gasteiger partial charge in [0.1, 0.15) is 0 Å². The molecular formula is C12H14BrClN2O2. The van der Waals surface area contributed by atoms with Gasteiger partial charge in [-0.1, -0.05) is 11.6 Å². The summed E-state index contributed by atoms with van der Waals surface area (Å²) in [6.07, 6.45) is 0. The van der Waals surface area contributed by atoms with Gasteiger partial charge >= 0.3 is 0 Å². The molecule has 0 aromatic heterocycles. The number of nitrogens with one attached hydrogen (secondary N) is 1. The Morgan fingerprint density at radius 1 is 1.67 bits per heavy atom. The summed E-state index contributed by atoms with van der Waals surface area (Å²) in [7, 11) is 0. The third kappa shape index (κ3) is 2.54. The van der Waals surface area contributed by atoms with Crippen LogP contribution in [0, 0.1) is 5.41 Å². The summed E-state index contributed by atoms with van der Waals surface area (Å²) >= 11 is 9.21. The van der Waals surface area contributed by atoms with E-state index in [1.807, 2.05) is 6.92 Å². The molecule has 2 unspecified atom stereocenters. The van der Waals surface area contributed by atoms with Gasteiger partial charge in [-0.2, -0.15) is 0 Å². The van der Waals surface area contributed by atoms with E-state index in [4.69, 9.17) is 22.1 Å². The average molecular weight is 334 g/mol. The molecule has 1 saturated heterocycles. The molecule has 1 aliphatic heterocycles. The Balaban J connectivity index is 2.14. The summed E-state index contributed by atoms with van der Waals surface area (Å²) in [6.45, 7) is 2.56. The number of ether oxygens (including phenoxy) is 1. The van der Waals surface area contributed by atoms with Crippen LogP contribution in [-0.2, 0) is 9.53 Å². The molecule has 18 heavy (non-hydrogen) atoms. The van der Waals surface area contributed by atoms with E-state index in [0.717, 1.165) is 4.47 Å². The normalized spacial score (nSPS) is 27.2. The zero-order valence-corrected chi connectivity index (χ0v) is 12.2. The van der Waals surface area contributed by atoms with Crippen LogP contribution in [0.1, 0.15) is 6.92 Å². The zero-order valence-electron chi connectivity index (χ0n) is 9.87. The van der Waals surface area contributed by atoms with Crippen LogP contribution in [0.25, 0.3) is 0 Å². The van der Waals surface area contributed by atoms with Crippen molar-refractivity contribution in [3.05, 3.63) is 27.7 Å². The van der Waals surface area contributed by atoms with Crippen molar-refractivity contribution in [2.24, 2.45) is 11.1 Å². The smallest absolute Gasteiger partial charge is 0.234 e. The van der Waals surface area contributed by atoms with Crippen LogP contribution in [0.3, 0.4) is 0 Å². The third-order valence-electron chi connectivity index (χ3n) is 3.21. The molecule has 2 rings (SSSR count). The number of carbonyl (C=O) groups is 1. The monoisotopic (exact) mass is 332 g/mol. The van der Waals surface area contributed by atoms with Gasteiger partial charge in [0.25, 0.3) is 0 Å². The highest BCUT2D eigenvalue weighted by Crippen LogP contribution is 2.30. The fraction of sp³-hybridized carbons (Fsp3) is 0.417. The largest absolute Gasteiger partial charge is 0.379 e. The average Bonchev–Trinajstić information content (AvgIpc) is 2.66. The lowest BCUT2D eigenvalue weighted by molar-refractivity contribution is -0.125. The lowest BCUT2D eigenvalue weighted by Gasteiger charge is -2.25. The molecule has 6 heteroatoms. The van der Waals surface area contributed by atoms with Gasteiger partial charge < -0.3 is 15.8 Å². The number of rotatable bonds is 2. The van der Waals surface area contributed by atoms with Crippen LogP contribution in [0.2, 0.25) is 5.02 Å². The quantitative estimate of drug-likeness (QED) is 0.873. The van der Waals surface area contributed by atoms with Crippen molar-refractivity contribution in [3.8, 4) is 0 Å². The second-order valence-electron chi connectivity index (χ2n) is 4.62. The highest BCUT2D eigenvalue weighted by molar-refractivity contribution is 9.10. The van der Waals surface area contributed by atoms with Crippen molar-refractivity contribution in [2.75, 3.05) is 18.5 Å². The summed E-state index contributed by atoms with van der Waals surface area (Å²) in [6, 6.07) is 4.93. The van der Waals surface area contributed by atoms with Crippen molar-refractivity contribution < 1.29 is 9.53 Å². The number of nitrogens with two attached hydrogens (primary N) is 1. The molecule has 0 radical (unpaired) electrons. The first-order chi connectivity index (χ1) is 8.43. The van der Waals surface area contributed by atoms with Gasteiger partial charge in [-0.05, 0) is 41.1 Å². The first-order valence-corrected chi connectivity index (χ1v) is 6.70. The van der Waals surface area contributed by atoms with Gasteiger partial charge in [-0.3, -0.25) is 4.79 Å². The van der Waals surface area contributed by atoms with Gasteiger partial charge in [0.15, 0.2) is 0 Å². The molecule has 0 aliphatic carbocycles. The van der Waals surface area contributed by atoms with Crippen LogP contribution < -0.4 is 11.1 Å². The van der Waals surface area contributed by atoms with E-state index in [-0.39, 0.29) is 11.9 Å². The minimum Gasteiger partial charge on any atom is -0.379 e. The van der Waals surface area contributed by atoms with E-state index in [1.54, 1.807) is 18.2 Å². The Labute approximate surface area is 119 Å². The van der Waals surface area contributed by atoms with Crippen LogP contribution in [0.15, 0.2) is 22.7 Å². The van der Waals surface area contributed by atoms with Crippen LogP contribution in [-0.4, -0.2) is 25.2 Å². The standard InChI is InChI=1S/C12H14BrClN2O2/c1-12(6-18-5-10(12)15)11(17)16-7-2-3-9(14)8(13)4-7/h2-4,10H,5-6,15H2,1H3,(H,16,17). The first-order valence-electron chi connectivity index (χ1n) is 5.53. The Morgan fingerprint density at radius 3 is 2.94 bits per heavy atom. The summed E-state index contributed by atoms with van der Waals surface area (Å²) in [5, 5.41) is 3.43. The summed E-state index contributed by atoms with van der Waals surface area (Å²) in [4.78, 5) is 12.2. The third-order valence-corrected chi connectivity index (χ3v) is 4.43. The zero-order chi connectivity index (χ0) is 13.3. The predicted molar refractivity (Wildman–Crippen MR) is 74.7 cm³/mol. The number of halogens is 2. The molecule has 0 spiro atoms. The van der Waals surface area contributed by atoms with Gasteiger partial charge in [0, 0.05) is 16.2 Å². The van der Waals surface area contributed by atoms with E-state index in [2.05, 4.69) is 21.2 Å². The SMILES string of the molecule is CC1(C(=O)Nc2ccc(Cl)c(Br)c2)COCC1N. The van der Waals surface area contributed by atoms with Crippen molar-refractivity contribution in [1.82, 2.24) is 0 Å². The topological polar surface area (TPSA) is 64.3 Å². The number of anilines is 1. The molecule has 1 amide bonds. The summed E-state index contributed by atoms with van der Waals surface area (Å²) in [5.41, 5.74) is 5.89. The number of carbonyl (C=O) groups excluding carboxylic acids is 1. The highest BCUT2D eigenvalue weighted by Gasteiger charge is 2.44. The Bertz CT molecular complexity index is 483. The van der Waals surface area contributed by atoms with Crippen molar-refractivity contribution >= 4 is 39.1 Å². The van der Waals surface area contributed by atoms with Crippen molar-refractivity contribution in [2.45, 2.75) is 13.0 Å². The molecule has 1 aliphatic rings. The van der Waals surface area contributed by atoms with E-state index >= 15 is 0 Å². The molecule has 3 N–H and O–H groups in total. The van der Waals surface area contributed by atoms with Gasteiger partial charge in [0.2, 0.25) is 5.91 Å². The number of hydrogen-bond donors (Lipinski definition) is 2. The molecule has 1 aromatic rings. The molecule has 4 nitrogen and oxygen atoms in total. The lowest BCUT2D eigenvalue weighted by Crippen LogP contribution is -2.47. The minimum absolute atomic E-state index is 0.137. The molecule has 2 atom stereocenters. The Hall–Kier alpha value is -0.620. The second-order valence-corrected chi connectivity index (χ2v) is 5.88. The molecule has 0 saturated carbocycles. The van der Waals surface area contributed by atoms with E-state index in [1.165, 1.54) is 0 Å². The van der Waals surface area contributed by atoms with Crippen molar-refractivity contribution in [3.63, 3.8) is 0 Å². The Kier molecular flexibility index (Phi) is 3.96. The van der Waals surface area contributed by atoms with E-state index < -0.39 is 5.41 Å². The van der Waals surface area contributed by atoms with Gasteiger partial charge in [-0.25, -0.2) is 0 Å². The first kappa shape index (κ1) is 13.8. The van der Waals surface area contributed by atoms with E-state index in [0.29, 0.717) is 23.9 Å². The van der Waals surface area contributed by atoms with Gasteiger partial charge in [0.05, 0.1) is 23.7 Å². The molecule has 1 aromatic carbocycles. The molecule has 1 heterocycles. The van der Waals surface area contributed by atoms with Crippen LogP contribution >= 0.6 is 27.5 Å². The van der Waals surface area contributed by atoms with Crippen molar-refractivity contribution in [1.29, 1.82) is 0 Å². The van der Waals surface area contributed by atoms with Crippen LogP contribution in [0.5, 0.6) is 0 Å². The predicted octanol–water partition coefficient (Wildman–Crippen LogP) is 2.40. The maximum atomic E-state index is 12.2. The molecule has 98 valence electrons. The highest BCUT2D eigenvalue weighted by atomic mass is 79.9. The van der Waals surface area contributed by atoms with Crippen LogP contribution in [0.4, 0.5) is 5.69 Å². The maximum absolute atomic E-state index is 12.2. The fourth-order valence-corrected chi connectivity index (χ4v) is 2.27. The summed E-state index contributed by atoms with van der Waals surface area (Å²) in [5.74, 6) is -0.137. The molecule has 1 fully saturated rings. The lowest BCUT2D eigenvalue weighted by atomic mass is 9.85.